The molecule has 0 radical (unpaired) electrons. The maximum Gasteiger partial charge on any atom is 0.435 e. The monoisotopic (exact) mass is 444 g/mol. The zero-order valence-electron chi connectivity index (χ0n) is 16.9. The molecule has 0 spiro atoms. The summed E-state index contributed by atoms with van der Waals surface area (Å²) >= 11 is 0. The van der Waals surface area contributed by atoms with Gasteiger partial charge in [-0.1, -0.05) is 18.2 Å². The van der Waals surface area contributed by atoms with Gasteiger partial charge in [0.1, 0.15) is 5.75 Å². The lowest BCUT2D eigenvalue weighted by Gasteiger charge is -2.11. The van der Waals surface area contributed by atoms with Crippen LogP contribution in [0.5, 0.6) is 5.75 Å². The molecule has 0 aliphatic rings. The number of halogens is 3. The second kappa shape index (κ2) is 8.61. The summed E-state index contributed by atoms with van der Waals surface area (Å²) in [5.74, 6) is 0.636. The molecule has 2 heterocycles. The van der Waals surface area contributed by atoms with E-state index in [-0.39, 0.29) is 18.8 Å². The third kappa shape index (κ3) is 4.66. The number of carbonyl (C=O) groups excluding carboxylic acids is 1. The van der Waals surface area contributed by atoms with E-state index < -0.39 is 17.9 Å². The van der Waals surface area contributed by atoms with Crippen LogP contribution < -0.4 is 15.4 Å². The number of anilines is 1. The predicted molar refractivity (Wildman–Crippen MR) is 111 cm³/mol. The summed E-state index contributed by atoms with van der Waals surface area (Å²) < 4.78 is 46.0. The fraction of sp³-hybridized carbons (Fsp3) is 0.190. The number of alkyl halides is 3. The quantitative estimate of drug-likeness (QED) is 0.416. The minimum atomic E-state index is -4.60. The van der Waals surface area contributed by atoms with Gasteiger partial charge in [-0.25, -0.2) is 4.79 Å². The van der Waals surface area contributed by atoms with Crippen LogP contribution in [0.4, 0.5) is 23.7 Å². The summed E-state index contributed by atoms with van der Waals surface area (Å²) in [6.45, 7) is -0.0422. The molecule has 0 aliphatic heterocycles. The van der Waals surface area contributed by atoms with Gasteiger partial charge in [0, 0.05) is 5.39 Å². The van der Waals surface area contributed by atoms with Crippen LogP contribution in [0, 0.1) is 0 Å². The Morgan fingerprint density at radius 3 is 2.69 bits per heavy atom. The molecule has 11 heteroatoms. The summed E-state index contributed by atoms with van der Waals surface area (Å²) in [6.07, 6.45) is -3.02. The number of benzene rings is 2. The highest BCUT2D eigenvalue weighted by atomic mass is 19.4. The molecule has 8 nitrogen and oxygen atoms in total. The minimum absolute atomic E-state index is 0.104. The molecule has 0 saturated heterocycles. The van der Waals surface area contributed by atoms with Crippen molar-refractivity contribution in [2.45, 2.75) is 19.3 Å². The first-order chi connectivity index (χ1) is 15.3. The molecule has 2 amide bonds. The number of methoxy groups -OCH3 is 1. The molecule has 0 bridgehead atoms. The van der Waals surface area contributed by atoms with E-state index in [1.165, 1.54) is 11.8 Å². The van der Waals surface area contributed by atoms with Gasteiger partial charge in [0.25, 0.3) is 0 Å². The van der Waals surface area contributed by atoms with E-state index in [9.17, 15) is 18.0 Å². The van der Waals surface area contributed by atoms with Crippen molar-refractivity contribution in [3.63, 3.8) is 0 Å². The van der Waals surface area contributed by atoms with Crippen molar-refractivity contribution in [2.75, 3.05) is 12.4 Å². The number of H-pyrrole nitrogens is 1. The highest BCUT2D eigenvalue weighted by Gasteiger charge is 2.35. The number of aromatic nitrogens is 4. The van der Waals surface area contributed by atoms with Gasteiger partial charge in [-0.3, -0.25) is 9.78 Å². The topological polar surface area (TPSA) is 96.9 Å². The number of hydrogen-bond donors (Lipinski definition) is 3. The first kappa shape index (κ1) is 21.2. The number of fused-ring (bicyclic) bond motifs is 1. The highest BCUT2D eigenvalue weighted by Crippen LogP contribution is 2.29. The van der Waals surface area contributed by atoms with Gasteiger partial charge in [-0.15, -0.1) is 0 Å². The van der Waals surface area contributed by atoms with Crippen molar-refractivity contribution in [2.24, 2.45) is 0 Å². The van der Waals surface area contributed by atoms with Crippen molar-refractivity contribution in [3.8, 4) is 5.75 Å². The van der Waals surface area contributed by atoms with E-state index in [0.717, 1.165) is 17.1 Å². The lowest BCUT2D eigenvalue weighted by atomic mass is 10.2. The largest absolute Gasteiger partial charge is 0.497 e. The van der Waals surface area contributed by atoms with Crippen molar-refractivity contribution >= 4 is 22.6 Å². The van der Waals surface area contributed by atoms with Crippen molar-refractivity contribution in [3.05, 3.63) is 71.7 Å². The lowest BCUT2D eigenvalue weighted by Crippen LogP contribution is -2.29. The maximum absolute atomic E-state index is 13.2. The number of aromatic amines is 1. The van der Waals surface area contributed by atoms with Gasteiger partial charge in [0.2, 0.25) is 0 Å². The Kier molecular flexibility index (Phi) is 5.71. The Hall–Kier alpha value is -4.02. The summed E-state index contributed by atoms with van der Waals surface area (Å²) in [4.78, 5) is 12.4. The Balaban J connectivity index is 1.49. The van der Waals surface area contributed by atoms with Gasteiger partial charge in [-0.05, 0) is 35.9 Å². The lowest BCUT2D eigenvalue weighted by molar-refractivity contribution is -0.141. The van der Waals surface area contributed by atoms with Gasteiger partial charge < -0.3 is 15.4 Å². The SMILES string of the molecule is COc1ccc(Cn2nc(C(F)(F)F)cc2CNC(=O)Nc2cccc3[nH]ncc23)cc1. The van der Waals surface area contributed by atoms with E-state index in [2.05, 4.69) is 25.9 Å². The van der Waals surface area contributed by atoms with Crippen molar-refractivity contribution in [1.29, 1.82) is 0 Å². The molecular formula is C21H19F3N6O2. The number of urea groups is 1. The molecule has 4 rings (SSSR count). The van der Waals surface area contributed by atoms with Crippen LogP contribution in [-0.4, -0.2) is 33.1 Å². The number of ether oxygens (including phenoxy) is 1. The Morgan fingerprint density at radius 1 is 1.19 bits per heavy atom. The molecule has 3 N–H and O–H groups in total. The molecule has 0 aliphatic carbocycles. The van der Waals surface area contributed by atoms with Crippen molar-refractivity contribution < 1.29 is 22.7 Å². The van der Waals surface area contributed by atoms with Crippen LogP contribution in [0.1, 0.15) is 17.0 Å². The van der Waals surface area contributed by atoms with E-state index >= 15 is 0 Å². The molecule has 2 aromatic carbocycles. The number of amides is 2. The molecule has 166 valence electrons. The summed E-state index contributed by atoms with van der Waals surface area (Å²) in [6, 6.07) is 12.5. The number of hydrogen-bond acceptors (Lipinski definition) is 4. The number of nitrogens with one attached hydrogen (secondary N) is 3. The second-order valence-electron chi connectivity index (χ2n) is 6.97. The Morgan fingerprint density at radius 2 is 1.97 bits per heavy atom. The van der Waals surface area contributed by atoms with E-state index in [1.54, 1.807) is 42.6 Å². The third-order valence-corrected chi connectivity index (χ3v) is 4.81. The smallest absolute Gasteiger partial charge is 0.435 e. The minimum Gasteiger partial charge on any atom is -0.497 e. The number of carbonyl (C=O) groups is 1. The van der Waals surface area contributed by atoms with Gasteiger partial charge in [0.05, 0.1) is 43.3 Å². The highest BCUT2D eigenvalue weighted by molar-refractivity contribution is 6.00. The standard InChI is InChI=1S/C21H19F3N6O2/c1-32-15-7-5-13(6-8-15)12-30-14(9-19(29-30)21(22,23)24)10-25-20(31)27-17-3-2-4-18-16(17)11-26-28-18/h2-9,11H,10,12H2,1H3,(H,26,28)(H2,25,27,31). The zero-order valence-corrected chi connectivity index (χ0v) is 16.9. The number of nitrogens with zero attached hydrogens (tertiary/aromatic N) is 3. The van der Waals surface area contributed by atoms with Crippen LogP contribution in [0.25, 0.3) is 10.9 Å². The molecule has 4 aromatic rings. The first-order valence-electron chi connectivity index (χ1n) is 9.57. The second-order valence-corrected chi connectivity index (χ2v) is 6.97. The fourth-order valence-electron chi connectivity index (χ4n) is 3.19. The third-order valence-electron chi connectivity index (χ3n) is 4.81. The molecule has 0 atom stereocenters. The maximum atomic E-state index is 13.2. The Labute approximate surface area is 180 Å². The van der Waals surface area contributed by atoms with Crippen LogP contribution >= 0.6 is 0 Å². The molecule has 0 fully saturated rings. The van der Waals surface area contributed by atoms with Gasteiger partial charge in [0.15, 0.2) is 5.69 Å². The molecule has 0 saturated carbocycles. The number of rotatable bonds is 6. The zero-order chi connectivity index (χ0) is 22.7. The average molecular weight is 444 g/mol. The summed E-state index contributed by atoms with van der Waals surface area (Å²) in [5.41, 5.74) is 1.20. The normalized spacial score (nSPS) is 11.5. The molecule has 32 heavy (non-hydrogen) atoms. The van der Waals surface area contributed by atoms with Crippen LogP contribution in [0.2, 0.25) is 0 Å². The van der Waals surface area contributed by atoms with Crippen molar-refractivity contribution in [1.82, 2.24) is 25.3 Å². The van der Waals surface area contributed by atoms with Crippen LogP contribution in [-0.2, 0) is 19.3 Å². The first-order valence-corrected chi connectivity index (χ1v) is 9.57. The van der Waals surface area contributed by atoms with E-state index in [4.69, 9.17) is 4.74 Å². The van der Waals surface area contributed by atoms with Crippen LogP contribution in [0.15, 0.2) is 54.7 Å². The molecule has 0 unspecified atom stereocenters. The fourth-order valence-corrected chi connectivity index (χ4v) is 3.19. The predicted octanol–water partition coefficient (Wildman–Crippen LogP) is 4.16. The van der Waals surface area contributed by atoms with E-state index in [1.807, 2.05) is 6.07 Å². The summed E-state index contributed by atoms with van der Waals surface area (Å²) in [7, 11) is 1.53. The van der Waals surface area contributed by atoms with Crippen LogP contribution in [0.3, 0.4) is 0 Å². The molecule has 2 aromatic heterocycles. The van der Waals surface area contributed by atoms with E-state index in [0.29, 0.717) is 16.8 Å². The van der Waals surface area contributed by atoms with Gasteiger partial charge in [-0.2, -0.15) is 23.4 Å². The average Bonchev–Trinajstić information content (AvgIpc) is 3.40. The van der Waals surface area contributed by atoms with Gasteiger partial charge >= 0.3 is 12.2 Å². The Bertz CT molecular complexity index is 1230. The summed E-state index contributed by atoms with van der Waals surface area (Å²) in [5, 5.41) is 16.4. The molecular weight excluding hydrogens is 425 g/mol.